The average molecular weight is 817 g/mol. The molecule has 0 amide bonds. The Balaban J connectivity index is 1.11. The van der Waals surface area contributed by atoms with Crippen LogP contribution in [0.25, 0.3) is 0 Å². The van der Waals surface area contributed by atoms with Crippen molar-refractivity contribution in [2.75, 3.05) is 6.61 Å². The van der Waals surface area contributed by atoms with E-state index in [-0.39, 0.29) is 40.0 Å². The largest absolute Gasteiger partial charge is 0.466 e. The van der Waals surface area contributed by atoms with Crippen molar-refractivity contribution in [3.05, 3.63) is 108 Å². The third kappa shape index (κ3) is 8.74. The number of esters is 1. The molecular formula is C54H76O4Si. The van der Waals surface area contributed by atoms with Gasteiger partial charge in [0.25, 0.3) is 8.32 Å². The van der Waals surface area contributed by atoms with Crippen LogP contribution in [0.2, 0.25) is 5.04 Å². The monoisotopic (exact) mass is 817 g/mol. The van der Waals surface area contributed by atoms with Crippen molar-refractivity contribution >= 4 is 24.7 Å². The molecule has 59 heavy (non-hydrogen) atoms. The number of fused-ring (bicyclic) bond motifs is 5. The summed E-state index contributed by atoms with van der Waals surface area (Å²) in [5, 5.41) is 2.74. The zero-order valence-corrected chi connectivity index (χ0v) is 39.1. The molecule has 0 spiro atoms. The highest BCUT2D eigenvalue weighted by Crippen LogP contribution is 2.67. The second-order valence-corrected chi connectivity index (χ2v) is 25.4. The number of rotatable bonds is 15. The Bertz CT molecular complexity index is 1810. The topological polar surface area (TPSA) is 44.8 Å². The molecule has 0 N–H and O–H groups in total. The van der Waals surface area contributed by atoms with Crippen LogP contribution in [0.15, 0.2) is 103 Å². The number of ether oxygens (including phenoxy) is 2. The number of allylic oxidation sites excluding steroid dienone is 1. The van der Waals surface area contributed by atoms with E-state index in [1.807, 2.05) is 6.92 Å². The summed E-state index contributed by atoms with van der Waals surface area (Å²) in [6.07, 6.45) is 14.3. The number of hydrogen-bond donors (Lipinski definition) is 0. The first-order valence-corrected chi connectivity index (χ1v) is 25.4. The van der Waals surface area contributed by atoms with Gasteiger partial charge in [-0.1, -0.05) is 158 Å². The third-order valence-electron chi connectivity index (χ3n) is 16.3. The third-order valence-corrected chi connectivity index (χ3v) is 21.4. The van der Waals surface area contributed by atoms with Gasteiger partial charge < -0.3 is 13.9 Å². The second-order valence-electron chi connectivity index (χ2n) is 21.1. The highest BCUT2D eigenvalue weighted by molar-refractivity contribution is 6.99. The highest BCUT2D eigenvalue weighted by Gasteiger charge is 2.60. The van der Waals surface area contributed by atoms with Gasteiger partial charge >= 0.3 is 5.97 Å². The van der Waals surface area contributed by atoms with Crippen LogP contribution in [0.1, 0.15) is 132 Å². The van der Waals surface area contributed by atoms with Gasteiger partial charge in [0.2, 0.25) is 0 Å². The predicted molar refractivity (Wildman–Crippen MR) is 246 cm³/mol. The van der Waals surface area contributed by atoms with Crippen LogP contribution in [0, 0.1) is 52.3 Å². The van der Waals surface area contributed by atoms with Crippen molar-refractivity contribution in [1.82, 2.24) is 0 Å². The lowest BCUT2D eigenvalue weighted by atomic mass is 9.47. The first kappa shape index (κ1) is 44.1. The molecule has 3 aromatic rings. The van der Waals surface area contributed by atoms with Crippen LogP contribution >= 0.6 is 0 Å². The molecule has 0 bridgehead atoms. The summed E-state index contributed by atoms with van der Waals surface area (Å²) in [6.45, 7) is 22.4. The van der Waals surface area contributed by atoms with Crippen LogP contribution in [0.5, 0.6) is 0 Å². The Kier molecular flexibility index (Phi) is 13.6. The second kappa shape index (κ2) is 18.2. The maximum Gasteiger partial charge on any atom is 0.309 e. The summed E-state index contributed by atoms with van der Waals surface area (Å²) in [6, 6.07) is 33.0. The molecule has 5 heteroatoms. The molecule has 320 valence electrons. The van der Waals surface area contributed by atoms with Gasteiger partial charge in [-0.05, 0) is 138 Å². The Morgan fingerprint density at radius 1 is 0.797 bits per heavy atom. The number of carbonyl (C=O) groups is 1. The van der Waals surface area contributed by atoms with Gasteiger partial charge in [0.05, 0.1) is 25.2 Å². The summed E-state index contributed by atoms with van der Waals surface area (Å²) in [5.74, 6) is 3.33. The fourth-order valence-electron chi connectivity index (χ4n) is 13.4. The van der Waals surface area contributed by atoms with Crippen molar-refractivity contribution in [3.63, 3.8) is 0 Å². The number of carbonyl (C=O) groups excluding carboxylic acids is 1. The van der Waals surface area contributed by atoms with Gasteiger partial charge in [0.1, 0.15) is 0 Å². The summed E-state index contributed by atoms with van der Waals surface area (Å²) in [4.78, 5) is 13.4. The molecule has 4 nitrogen and oxygen atoms in total. The summed E-state index contributed by atoms with van der Waals surface area (Å²) < 4.78 is 20.4. The van der Waals surface area contributed by atoms with E-state index in [0.717, 1.165) is 43.4 Å². The van der Waals surface area contributed by atoms with Gasteiger partial charge in [-0.25, -0.2) is 0 Å². The molecule has 3 fully saturated rings. The fourth-order valence-corrected chi connectivity index (χ4v) is 18.2. The molecule has 0 unspecified atom stereocenters. The Morgan fingerprint density at radius 3 is 2.02 bits per heavy atom. The van der Waals surface area contributed by atoms with E-state index in [4.69, 9.17) is 13.9 Å². The SMILES string of the molecule is CCOC(=O)[C@H](CC(C)C)C[C@@H](OCc1ccccc1)[C@@H](C)[C@H]1CC[C@H]2[C@@H]3CC=C4C[C@@H](O[Si](c5ccccc5)(c5ccccc5)C(C)(C)C)CC[C@]4(C)[C@H]3CC[C@]12C. The molecular weight excluding hydrogens is 741 g/mol. The fraction of sp³-hybridized carbons (Fsp3) is 0.611. The first-order chi connectivity index (χ1) is 28.2. The Labute approximate surface area is 359 Å². The van der Waals surface area contributed by atoms with Crippen molar-refractivity contribution < 1.29 is 18.7 Å². The quantitative estimate of drug-likeness (QED) is 0.0871. The van der Waals surface area contributed by atoms with E-state index >= 15 is 0 Å². The maximum atomic E-state index is 13.4. The molecule has 0 aliphatic heterocycles. The van der Waals surface area contributed by atoms with Gasteiger partial charge in [-0.2, -0.15) is 0 Å². The maximum absolute atomic E-state index is 13.4. The highest BCUT2D eigenvalue weighted by atomic mass is 28.4. The van der Waals surface area contributed by atoms with E-state index in [9.17, 15) is 4.79 Å². The Morgan fingerprint density at radius 2 is 1.42 bits per heavy atom. The summed E-state index contributed by atoms with van der Waals surface area (Å²) in [7, 11) is -2.63. The molecule has 3 aromatic carbocycles. The van der Waals surface area contributed by atoms with Crippen LogP contribution in [0.4, 0.5) is 0 Å². The predicted octanol–water partition coefficient (Wildman–Crippen LogP) is 12.3. The molecule has 3 saturated carbocycles. The lowest BCUT2D eigenvalue weighted by Gasteiger charge is -2.59. The lowest BCUT2D eigenvalue weighted by Crippen LogP contribution is -2.68. The number of hydrogen-bond acceptors (Lipinski definition) is 4. The van der Waals surface area contributed by atoms with Crippen LogP contribution < -0.4 is 10.4 Å². The minimum atomic E-state index is -2.63. The minimum absolute atomic E-state index is 0.00264. The molecule has 7 rings (SSSR count). The summed E-state index contributed by atoms with van der Waals surface area (Å²) >= 11 is 0. The van der Waals surface area contributed by atoms with Crippen LogP contribution in [-0.4, -0.2) is 33.1 Å². The zero-order chi connectivity index (χ0) is 42.0. The van der Waals surface area contributed by atoms with E-state index in [1.54, 1.807) is 5.57 Å². The molecule has 0 heterocycles. The van der Waals surface area contributed by atoms with Gasteiger partial charge in [-0.3, -0.25) is 4.79 Å². The molecule has 0 radical (unpaired) electrons. The summed E-state index contributed by atoms with van der Waals surface area (Å²) in [5.41, 5.74) is 3.40. The Hall–Kier alpha value is -2.99. The van der Waals surface area contributed by atoms with Gasteiger partial charge in [0.15, 0.2) is 0 Å². The molecule has 10 atom stereocenters. The molecule has 4 aliphatic carbocycles. The van der Waals surface area contributed by atoms with E-state index in [2.05, 4.69) is 152 Å². The minimum Gasteiger partial charge on any atom is -0.466 e. The van der Waals surface area contributed by atoms with Gasteiger partial charge in [0, 0.05) is 6.10 Å². The molecule has 4 aliphatic rings. The normalized spacial score (nSPS) is 29.7. The smallest absolute Gasteiger partial charge is 0.309 e. The van der Waals surface area contributed by atoms with E-state index in [0.29, 0.717) is 31.0 Å². The number of benzene rings is 3. The molecule has 0 saturated heterocycles. The standard InChI is InChI=1S/C54H76O4Si/c1-10-56-51(55)41(34-38(2)3)35-50(57-37-40-20-14-11-15-21-40)39(4)47-28-29-48-46-27-26-42-36-43(30-32-53(42,8)49(46)31-33-54(47,48)9)58-59(52(5,6)7,44-22-16-12-17-23-44)45-24-18-13-19-25-45/h11-26,38-39,41,43,46-50H,10,27-37H2,1-9H3/t39-,41+,43-,46-,47+,48-,49-,50+,53-,54+/m0/s1. The van der Waals surface area contributed by atoms with Crippen molar-refractivity contribution in [2.24, 2.45) is 52.3 Å². The van der Waals surface area contributed by atoms with Crippen LogP contribution in [-0.2, 0) is 25.3 Å². The van der Waals surface area contributed by atoms with Crippen molar-refractivity contribution in [3.8, 4) is 0 Å². The average Bonchev–Trinajstić information content (AvgIpc) is 3.58. The van der Waals surface area contributed by atoms with Crippen LogP contribution in [0.3, 0.4) is 0 Å². The zero-order valence-electron chi connectivity index (χ0n) is 38.1. The van der Waals surface area contributed by atoms with E-state index in [1.165, 1.54) is 54.5 Å². The first-order valence-electron chi connectivity index (χ1n) is 23.5. The van der Waals surface area contributed by atoms with Crippen molar-refractivity contribution in [2.45, 2.75) is 150 Å². The van der Waals surface area contributed by atoms with E-state index < -0.39 is 8.32 Å². The molecule has 0 aromatic heterocycles. The van der Waals surface area contributed by atoms with Crippen molar-refractivity contribution in [1.29, 1.82) is 0 Å². The lowest BCUT2D eigenvalue weighted by molar-refractivity contribution is -0.151. The van der Waals surface area contributed by atoms with Gasteiger partial charge in [-0.15, -0.1) is 0 Å².